The third kappa shape index (κ3) is 3.94. The van der Waals surface area contributed by atoms with Gasteiger partial charge in [-0.05, 0) is 35.9 Å². The fraction of sp³-hybridized carbons (Fsp3) is 0.211. The van der Waals surface area contributed by atoms with Gasteiger partial charge in [-0.2, -0.15) is 0 Å². The average molecular weight is 324 g/mol. The Balaban J connectivity index is 1.59. The summed E-state index contributed by atoms with van der Waals surface area (Å²) in [6, 6.07) is 15.6. The van der Waals surface area contributed by atoms with Crippen LogP contribution in [0.3, 0.4) is 0 Å². The number of ether oxygens (including phenoxy) is 2. The summed E-state index contributed by atoms with van der Waals surface area (Å²) in [7, 11) is 3.31. The number of oxazole rings is 1. The third-order valence-electron chi connectivity index (χ3n) is 3.64. The molecule has 0 saturated carbocycles. The highest BCUT2D eigenvalue weighted by Gasteiger charge is 2.07. The molecule has 0 spiro atoms. The van der Waals surface area contributed by atoms with Crippen LogP contribution >= 0.6 is 0 Å². The van der Waals surface area contributed by atoms with Crippen molar-refractivity contribution in [2.75, 3.05) is 14.2 Å². The fourth-order valence-corrected chi connectivity index (χ4v) is 2.39. The molecular formula is C19H20N2O3. The summed E-state index contributed by atoms with van der Waals surface area (Å²) in [6.07, 6.45) is 1.67. The molecule has 3 rings (SSSR count). The molecule has 0 radical (unpaired) electrons. The number of benzene rings is 2. The van der Waals surface area contributed by atoms with Crippen LogP contribution in [0.1, 0.15) is 11.3 Å². The summed E-state index contributed by atoms with van der Waals surface area (Å²) >= 11 is 0. The van der Waals surface area contributed by atoms with E-state index in [1.165, 1.54) is 0 Å². The average Bonchev–Trinajstić information content (AvgIpc) is 3.11. The predicted molar refractivity (Wildman–Crippen MR) is 92.0 cm³/mol. The van der Waals surface area contributed by atoms with E-state index in [2.05, 4.69) is 16.4 Å². The Labute approximate surface area is 141 Å². The summed E-state index contributed by atoms with van der Waals surface area (Å²) in [4.78, 5) is 4.51. The molecule has 1 N–H and O–H groups in total. The van der Waals surface area contributed by atoms with Crippen LogP contribution in [0.5, 0.6) is 11.5 Å². The van der Waals surface area contributed by atoms with Crippen LogP contribution in [0, 0.1) is 0 Å². The molecule has 0 atom stereocenters. The minimum absolute atomic E-state index is 0.590. The number of rotatable bonds is 7. The zero-order valence-corrected chi connectivity index (χ0v) is 13.8. The zero-order valence-electron chi connectivity index (χ0n) is 13.8. The van der Waals surface area contributed by atoms with Gasteiger partial charge in [-0.3, -0.25) is 0 Å². The third-order valence-corrected chi connectivity index (χ3v) is 3.64. The molecule has 0 saturated heterocycles. The number of nitrogens with zero attached hydrogens (tertiary/aromatic N) is 1. The molecule has 0 fully saturated rings. The Kier molecular flexibility index (Phi) is 5.13. The largest absolute Gasteiger partial charge is 0.497 e. The summed E-state index contributed by atoms with van der Waals surface area (Å²) in [5, 5.41) is 3.35. The van der Waals surface area contributed by atoms with Crippen LogP contribution in [-0.4, -0.2) is 19.2 Å². The van der Waals surface area contributed by atoms with E-state index in [0.29, 0.717) is 12.4 Å². The molecule has 0 unspecified atom stereocenters. The SMILES string of the molecule is COc1cccc(CNCc2coc(-c3cccc(OC)c3)n2)c1. The van der Waals surface area contributed by atoms with Gasteiger partial charge in [0.2, 0.25) is 5.89 Å². The number of hydrogen-bond donors (Lipinski definition) is 1. The van der Waals surface area contributed by atoms with Gasteiger partial charge in [0.1, 0.15) is 17.8 Å². The van der Waals surface area contributed by atoms with Crippen molar-refractivity contribution >= 4 is 0 Å². The lowest BCUT2D eigenvalue weighted by Gasteiger charge is -2.05. The lowest BCUT2D eigenvalue weighted by atomic mass is 10.2. The first kappa shape index (κ1) is 16.1. The van der Waals surface area contributed by atoms with Gasteiger partial charge in [-0.1, -0.05) is 18.2 Å². The van der Waals surface area contributed by atoms with Gasteiger partial charge in [0, 0.05) is 18.7 Å². The van der Waals surface area contributed by atoms with E-state index >= 15 is 0 Å². The van der Waals surface area contributed by atoms with Gasteiger partial charge in [0.15, 0.2) is 0 Å². The van der Waals surface area contributed by atoms with Gasteiger partial charge >= 0.3 is 0 Å². The Bertz CT molecular complexity index is 799. The van der Waals surface area contributed by atoms with Crippen LogP contribution < -0.4 is 14.8 Å². The molecule has 0 bridgehead atoms. The quantitative estimate of drug-likeness (QED) is 0.719. The van der Waals surface area contributed by atoms with Gasteiger partial charge < -0.3 is 19.2 Å². The molecule has 124 valence electrons. The number of nitrogens with one attached hydrogen (secondary N) is 1. The molecule has 0 aliphatic rings. The maximum absolute atomic E-state index is 5.56. The number of methoxy groups -OCH3 is 2. The summed E-state index contributed by atoms with van der Waals surface area (Å²) in [5.74, 6) is 2.23. The highest BCUT2D eigenvalue weighted by Crippen LogP contribution is 2.23. The molecule has 0 amide bonds. The Morgan fingerprint density at radius 3 is 2.50 bits per heavy atom. The van der Waals surface area contributed by atoms with E-state index < -0.39 is 0 Å². The molecule has 5 heteroatoms. The van der Waals surface area contributed by atoms with Crippen LogP contribution in [-0.2, 0) is 13.1 Å². The van der Waals surface area contributed by atoms with Gasteiger partial charge in [-0.25, -0.2) is 4.98 Å². The van der Waals surface area contributed by atoms with E-state index in [1.807, 2.05) is 42.5 Å². The number of aromatic nitrogens is 1. The maximum Gasteiger partial charge on any atom is 0.226 e. The van der Waals surface area contributed by atoms with Crippen molar-refractivity contribution < 1.29 is 13.9 Å². The van der Waals surface area contributed by atoms with Gasteiger partial charge in [-0.15, -0.1) is 0 Å². The Morgan fingerprint density at radius 2 is 1.71 bits per heavy atom. The predicted octanol–water partition coefficient (Wildman–Crippen LogP) is 3.65. The molecular weight excluding hydrogens is 304 g/mol. The highest BCUT2D eigenvalue weighted by atomic mass is 16.5. The molecule has 0 aliphatic carbocycles. The lowest BCUT2D eigenvalue weighted by Crippen LogP contribution is -2.12. The monoisotopic (exact) mass is 324 g/mol. The van der Waals surface area contributed by atoms with Crippen molar-refractivity contribution in [1.29, 1.82) is 0 Å². The topological polar surface area (TPSA) is 56.5 Å². The standard InChI is InChI=1S/C19H20N2O3/c1-22-17-7-3-5-14(9-17)11-20-12-16-13-24-19(21-16)15-6-4-8-18(10-15)23-2/h3-10,13,20H,11-12H2,1-2H3. The highest BCUT2D eigenvalue weighted by molar-refractivity contribution is 5.55. The minimum Gasteiger partial charge on any atom is -0.497 e. The van der Waals surface area contributed by atoms with Crippen LogP contribution in [0.25, 0.3) is 11.5 Å². The zero-order chi connectivity index (χ0) is 16.8. The molecule has 0 aliphatic heterocycles. The fourth-order valence-electron chi connectivity index (χ4n) is 2.39. The molecule has 1 heterocycles. The number of hydrogen-bond acceptors (Lipinski definition) is 5. The van der Waals surface area contributed by atoms with E-state index in [4.69, 9.17) is 13.9 Å². The first-order valence-electron chi connectivity index (χ1n) is 7.71. The smallest absolute Gasteiger partial charge is 0.226 e. The summed E-state index contributed by atoms with van der Waals surface area (Å²) in [5.41, 5.74) is 2.91. The molecule has 3 aromatic rings. The minimum atomic E-state index is 0.590. The molecule has 1 aromatic heterocycles. The van der Waals surface area contributed by atoms with Gasteiger partial charge in [0.05, 0.1) is 19.9 Å². The molecule has 24 heavy (non-hydrogen) atoms. The van der Waals surface area contributed by atoms with Crippen LogP contribution in [0.4, 0.5) is 0 Å². The van der Waals surface area contributed by atoms with Crippen molar-refractivity contribution in [3.05, 3.63) is 66.1 Å². The van der Waals surface area contributed by atoms with E-state index in [0.717, 1.165) is 34.9 Å². The van der Waals surface area contributed by atoms with Crippen LogP contribution in [0.2, 0.25) is 0 Å². The first-order valence-corrected chi connectivity index (χ1v) is 7.71. The molecule has 5 nitrogen and oxygen atoms in total. The van der Waals surface area contributed by atoms with E-state index in [9.17, 15) is 0 Å². The van der Waals surface area contributed by atoms with Gasteiger partial charge in [0.25, 0.3) is 0 Å². The normalized spacial score (nSPS) is 10.6. The van der Waals surface area contributed by atoms with Crippen molar-refractivity contribution in [3.8, 4) is 23.0 Å². The Hall–Kier alpha value is -2.79. The Morgan fingerprint density at radius 1 is 0.958 bits per heavy atom. The summed E-state index contributed by atoms with van der Waals surface area (Å²) < 4.78 is 16.0. The second-order valence-electron chi connectivity index (χ2n) is 5.33. The van der Waals surface area contributed by atoms with Crippen LogP contribution in [0.15, 0.2) is 59.2 Å². The summed E-state index contributed by atoms with van der Waals surface area (Å²) in [6.45, 7) is 1.36. The van der Waals surface area contributed by atoms with E-state index in [-0.39, 0.29) is 0 Å². The van der Waals surface area contributed by atoms with Crippen molar-refractivity contribution in [3.63, 3.8) is 0 Å². The van der Waals surface area contributed by atoms with E-state index in [1.54, 1.807) is 20.5 Å². The van der Waals surface area contributed by atoms with Crippen molar-refractivity contribution in [2.45, 2.75) is 13.1 Å². The second-order valence-corrected chi connectivity index (χ2v) is 5.33. The lowest BCUT2D eigenvalue weighted by molar-refractivity contribution is 0.414. The second kappa shape index (κ2) is 7.66. The molecule has 2 aromatic carbocycles. The first-order chi connectivity index (χ1) is 11.8. The maximum atomic E-state index is 5.56. The van der Waals surface area contributed by atoms with Crippen molar-refractivity contribution in [1.82, 2.24) is 10.3 Å². The van der Waals surface area contributed by atoms with Crippen molar-refractivity contribution in [2.24, 2.45) is 0 Å².